The van der Waals surface area contributed by atoms with Gasteiger partial charge in [0.2, 0.25) is 0 Å². The molecule has 0 aliphatic carbocycles. The highest BCUT2D eigenvalue weighted by molar-refractivity contribution is 7.17. The molecule has 0 saturated carbocycles. The first kappa shape index (κ1) is 13.1. The molecule has 20 heavy (non-hydrogen) atoms. The standard InChI is InChI=1S/C14H16N4OS/c1-3-18-14(11(19-2)8-17-18)13(15)9-6-12-10(16-7-9)4-5-20-12/h4-8,13H,3,15H2,1-2H3. The summed E-state index contributed by atoms with van der Waals surface area (Å²) in [5.41, 5.74) is 9.25. The van der Waals surface area contributed by atoms with Gasteiger partial charge in [0.1, 0.15) is 5.69 Å². The van der Waals surface area contributed by atoms with Gasteiger partial charge >= 0.3 is 0 Å². The molecule has 0 amide bonds. The van der Waals surface area contributed by atoms with E-state index in [4.69, 9.17) is 10.5 Å². The average Bonchev–Trinajstić information content (AvgIpc) is 3.11. The molecule has 0 aliphatic heterocycles. The van der Waals surface area contributed by atoms with Crippen LogP contribution in [-0.2, 0) is 6.54 Å². The van der Waals surface area contributed by atoms with Gasteiger partial charge < -0.3 is 10.5 Å². The molecule has 1 unspecified atom stereocenters. The SMILES string of the molecule is CCn1ncc(OC)c1C(N)c1cnc2ccsc2c1. The number of rotatable bonds is 4. The van der Waals surface area contributed by atoms with Gasteiger partial charge in [-0.3, -0.25) is 9.67 Å². The summed E-state index contributed by atoms with van der Waals surface area (Å²) in [6.45, 7) is 2.78. The molecule has 0 bridgehead atoms. The topological polar surface area (TPSA) is 66.0 Å². The summed E-state index contributed by atoms with van der Waals surface area (Å²) in [5.74, 6) is 0.714. The third-order valence-electron chi connectivity index (χ3n) is 3.34. The Morgan fingerprint density at radius 1 is 1.45 bits per heavy atom. The molecule has 0 fully saturated rings. The first-order valence-electron chi connectivity index (χ1n) is 6.43. The lowest BCUT2D eigenvalue weighted by Gasteiger charge is -2.15. The summed E-state index contributed by atoms with van der Waals surface area (Å²) >= 11 is 1.66. The fourth-order valence-corrected chi connectivity index (χ4v) is 3.08. The Morgan fingerprint density at radius 3 is 3.05 bits per heavy atom. The van der Waals surface area contributed by atoms with Gasteiger partial charge in [-0.15, -0.1) is 11.3 Å². The van der Waals surface area contributed by atoms with Gasteiger partial charge in [-0.2, -0.15) is 5.10 Å². The van der Waals surface area contributed by atoms with Crippen molar-refractivity contribution in [3.05, 3.63) is 41.2 Å². The third kappa shape index (κ3) is 2.07. The fourth-order valence-electron chi connectivity index (χ4n) is 2.29. The molecular weight excluding hydrogens is 272 g/mol. The normalized spacial score (nSPS) is 12.8. The second kappa shape index (κ2) is 5.22. The number of nitrogens with zero attached hydrogens (tertiary/aromatic N) is 3. The minimum absolute atomic E-state index is 0.300. The van der Waals surface area contributed by atoms with E-state index in [-0.39, 0.29) is 6.04 Å². The Bertz CT molecular complexity index is 712. The van der Waals surface area contributed by atoms with Crippen molar-refractivity contribution in [2.24, 2.45) is 5.73 Å². The number of hydrogen-bond donors (Lipinski definition) is 1. The van der Waals surface area contributed by atoms with E-state index in [1.807, 2.05) is 29.2 Å². The van der Waals surface area contributed by atoms with Crippen LogP contribution in [0, 0.1) is 0 Å². The zero-order valence-electron chi connectivity index (χ0n) is 11.4. The van der Waals surface area contributed by atoms with Crippen LogP contribution in [0.1, 0.15) is 24.2 Å². The second-order valence-electron chi connectivity index (χ2n) is 4.46. The maximum atomic E-state index is 6.40. The van der Waals surface area contributed by atoms with Gasteiger partial charge in [-0.25, -0.2) is 0 Å². The zero-order chi connectivity index (χ0) is 14.1. The lowest BCUT2D eigenvalue weighted by molar-refractivity contribution is 0.404. The minimum Gasteiger partial charge on any atom is -0.493 e. The monoisotopic (exact) mass is 288 g/mol. The fraction of sp³-hybridized carbons (Fsp3) is 0.286. The van der Waals surface area contributed by atoms with E-state index in [9.17, 15) is 0 Å². The third-order valence-corrected chi connectivity index (χ3v) is 4.19. The first-order chi connectivity index (χ1) is 9.74. The number of aryl methyl sites for hydroxylation is 1. The van der Waals surface area contributed by atoms with Crippen LogP contribution in [0.25, 0.3) is 10.2 Å². The van der Waals surface area contributed by atoms with Crippen molar-refractivity contribution in [2.45, 2.75) is 19.5 Å². The van der Waals surface area contributed by atoms with Gasteiger partial charge in [0, 0.05) is 12.7 Å². The predicted molar refractivity (Wildman–Crippen MR) is 80.1 cm³/mol. The minimum atomic E-state index is -0.300. The number of nitrogens with two attached hydrogens (primary N) is 1. The highest BCUT2D eigenvalue weighted by Gasteiger charge is 2.20. The van der Waals surface area contributed by atoms with E-state index >= 15 is 0 Å². The van der Waals surface area contributed by atoms with Crippen LogP contribution < -0.4 is 10.5 Å². The van der Waals surface area contributed by atoms with Gasteiger partial charge in [0.15, 0.2) is 5.75 Å². The van der Waals surface area contributed by atoms with E-state index < -0.39 is 0 Å². The Hall–Kier alpha value is -1.92. The van der Waals surface area contributed by atoms with Crippen LogP contribution in [0.5, 0.6) is 5.75 Å². The Labute approximate surface area is 121 Å². The highest BCUT2D eigenvalue weighted by atomic mass is 32.1. The number of aromatic nitrogens is 3. The van der Waals surface area contributed by atoms with Crippen LogP contribution in [0.2, 0.25) is 0 Å². The number of methoxy groups -OCH3 is 1. The number of hydrogen-bond acceptors (Lipinski definition) is 5. The molecule has 104 valence electrons. The van der Waals surface area contributed by atoms with Crippen molar-refractivity contribution in [3.63, 3.8) is 0 Å². The van der Waals surface area contributed by atoms with Gasteiger partial charge in [0.25, 0.3) is 0 Å². The number of ether oxygens (including phenoxy) is 1. The van der Waals surface area contributed by atoms with E-state index in [0.717, 1.165) is 28.0 Å². The number of thiophene rings is 1. The smallest absolute Gasteiger partial charge is 0.161 e. The molecule has 0 saturated heterocycles. The van der Waals surface area contributed by atoms with Crippen LogP contribution >= 0.6 is 11.3 Å². The molecule has 1 atom stereocenters. The Kier molecular flexibility index (Phi) is 3.42. The van der Waals surface area contributed by atoms with E-state index in [2.05, 4.69) is 16.1 Å². The number of fused-ring (bicyclic) bond motifs is 1. The summed E-state index contributed by atoms with van der Waals surface area (Å²) in [4.78, 5) is 4.44. The molecule has 0 spiro atoms. The van der Waals surface area contributed by atoms with Gasteiger partial charge in [-0.05, 0) is 30.0 Å². The van der Waals surface area contributed by atoms with Crippen LogP contribution in [0.15, 0.2) is 29.9 Å². The maximum absolute atomic E-state index is 6.40. The molecule has 2 N–H and O–H groups in total. The molecule has 0 radical (unpaired) electrons. The highest BCUT2D eigenvalue weighted by Crippen LogP contribution is 2.30. The molecule has 6 heteroatoms. The lowest BCUT2D eigenvalue weighted by atomic mass is 10.1. The van der Waals surface area contributed by atoms with Crippen molar-refractivity contribution in [1.82, 2.24) is 14.8 Å². The molecule has 0 aliphatic rings. The van der Waals surface area contributed by atoms with Crippen molar-refractivity contribution < 1.29 is 4.74 Å². The van der Waals surface area contributed by atoms with Crippen molar-refractivity contribution in [2.75, 3.05) is 7.11 Å². The lowest BCUT2D eigenvalue weighted by Crippen LogP contribution is -2.18. The van der Waals surface area contributed by atoms with E-state index in [0.29, 0.717) is 5.75 Å². The Balaban J connectivity index is 2.06. The first-order valence-corrected chi connectivity index (χ1v) is 7.31. The Morgan fingerprint density at radius 2 is 2.30 bits per heavy atom. The van der Waals surface area contributed by atoms with Crippen molar-refractivity contribution in [3.8, 4) is 5.75 Å². The molecule has 3 aromatic rings. The second-order valence-corrected chi connectivity index (χ2v) is 5.41. The van der Waals surface area contributed by atoms with Crippen LogP contribution in [0.4, 0.5) is 0 Å². The van der Waals surface area contributed by atoms with Gasteiger partial charge in [-0.1, -0.05) is 0 Å². The van der Waals surface area contributed by atoms with Crippen molar-refractivity contribution in [1.29, 1.82) is 0 Å². The summed E-state index contributed by atoms with van der Waals surface area (Å²) in [6.07, 6.45) is 3.53. The molecule has 5 nitrogen and oxygen atoms in total. The van der Waals surface area contributed by atoms with Crippen LogP contribution in [-0.4, -0.2) is 21.9 Å². The van der Waals surface area contributed by atoms with Gasteiger partial charge in [0.05, 0.1) is 29.6 Å². The molecule has 3 rings (SSSR count). The average molecular weight is 288 g/mol. The predicted octanol–water partition coefficient (Wildman–Crippen LogP) is 2.57. The molecule has 0 aromatic carbocycles. The summed E-state index contributed by atoms with van der Waals surface area (Å²) in [7, 11) is 1.63. The molecule has 3 heterocycles. The quantitative estimate of drug-likeness (QED) is 0.801. The molecule has 3 aromatic heterocycles. The number of pyridine rings is 1. The summed E-state index contributed by atoms with van der Waals surface area (Å²) in [6, 6.07) is 3.79. The van der Waals surface area contributed by atoms with E-state index in [1.165, 1.54) is 0 Å². The van der Waals surface area contributed by atoms with Crippen LogP contribution in [0.3, 0.4) is 0 Å². The van der Waals surface area contributed by atoms with E-state index in [1.54, 1.807) is 24.6 Å². The molecular formula is C14H16N4OS. The van der Waals surface area contributed by atoms with Crippen molar-refractivity contribution >= 4 is 21.6 Å². The zero-order valence-corrected chi connectivity index (χ0v) is 12.2. The maximum Gasteiger partial charge on any atom is 0.161 e. The summed E-state index contributed by atoms with van der Waals surface area (Å²) < 4.78 is 8.36. The summed E-state index contributed by atoms with van der Waals surface area (Å²) in [5, 5.41) is 6.33. The largest absolute Gasteiger partial charge is 0.493 e.